The monoisotopic (exact) mass is 854 g/mol. The maximum atomic E-state index is 6.78. The van der Waals surface area contributed by atoms with Crippen molar-refractivity contribution in [3.05, 3.63) is 191 Å². The van der Waals surface area contributed by atoms with Crippen LogP contribution in [0.2, 0.25) is 5.28 Å². The van der Waals surface area contributed by atoms with E-state index in [1.165, 1.54) is 126 Å². The lowest BCUT2D eigenvalue weighted by molar-refractivity contribution is 0.353. The first kappa shape index (κ1) is 37.3. The number of hydrogen-bond acceptors (Lipinski definition) is 3. The van der Waals surface area contributed by atoms with Gasteiger partial charge in [0.1, 0.15) is 0 Å². The summed E-state index contributed by atoms with van der Waals surface area (Å²) in [4.78, 5) is 14.6. The maximum absolute atomic E-state index is 6.78. The van der Waals surface area contributed by atoms with Gasteiger partial charge in [-0.3, -0.25) is 0 Å². The average Bonchev–Trinajstić information content (AvgIpc) is 3.88. The highest BCUT2D eigenvalue weighted by atomic mass is 35.5. The molecule has 14 rings (SSSR count). The Bertz CT molecular complexity index is 3700. The molecular formula is C60H43ClN4. The molecule has 0 unspecified atom stereocenters. The second kappa shape index (κ2) is 13.4. The van der Waals surface area contributed by atoms with Gasteiger partial charge in [-0.1, -0.05) is 161 Å². The predicted molar refractivity (Wildman–Crippen MR) is 267 cm³/mol. The van der Waals surface area contributed by atoms with Gasteiger partial charge in [-0.15, -0.1) is 0 Å². The first-order valence-corrected chi connectivity index (χ1v) is 23.5. The molecule has 4 aliphatic rings. The number of fused-ring (bicyclic) bond motifs is 11. The fourth-order valence-electron chi connectivity index (χ4n) is 12.7. The molecule has 3 heterocycles. The van der Waals surface area contributed by atoms with E-state index >= 15 is 0 Å². The van der Waals surface area contributed by atoms with Crippen molar-refractivity contribution < 1.29 is 0 Å². The Morgan fingerprint density at radius 3 is 1.97 bits per heavy atom. The summed E-state index contributed by atoms with van der Waals surface area (Å²) in [6.45, 7) is 4.57. The molecule has 1 fully saturated rings. The first-order chi connectivity index (χ1) is 31.9. The highest BCUT2D eigenvalue weighted by Gasteiger charge is 2.47. The molecule has 8 aromatic carbocycles. The highest BCUT2D eigenvalue weighted by molar-refractivity contribution is 6.28. The van der Waals surface area contributed by atoms with Gasteiger partial charge in [0.2, 0.25) is 5.28 Å². The number of rotatable bonds is 4. The fraction of sp³-hybridized carbons (Fsp3) is 0.150. The van der Waals surface area contributed by atoms with E-state index in [9.17, 15) is 0 Å². The van der Waals surface area contributed by atoms with Crippen molar-refractivity contribution in [2.24, 2.45) is 0 Å². The minimum atomic E-state index is -0.222. The molecule has 1 saturated carbocycles. The van der Waals surface area contributed by atoms with Gasteiger partial charge in [0.05, 0.1) is 16.7 Å². The van der Waals surface area contributed by atoms with Crippen LogP contribution in [0.15, 0.2) is 164 Å². The van der Waals surface area contributed by atoms with Crippen molar-refractivity contribution in [2.45, 2.75) is 56.8 Å². The van der Waals surface area contributed by atoms with Crippen LogP contribution in [0.5, 0.6) is 0 Å². The molecule has 3 aliphatic carbocycles. The van der Waals surface area contributed by atoms with Gasteiger partial charge in [0, 0.05) is 43.9 Å². The van der Waals surface area contributed by atoms with E-state index in [2.05, 4.69) is 182 Å². The lowest BCUT2D eigenvalue weighted by Crippen LogP contribution is -2.28. The summed E-state index contributed by atoms with van der Waals surface area (Å²) in [5, 5.41) is 2.84. The van der Waals surface area contributed by atoms with Crippen LogP contribution in [0, 0.1) is 0 Å². The van der Waals surface area contributed by atoms with E-state index in [-0.39, 0.29) is 16.1 Å². The lowest BCUT2D eigenvalue weighted by Gasteiger charge is -2.36. The molecule has 2 aromatic heterocycles. The van der Waals surface area contributed by atoms with Crippen LogP contribution in [-0.2, 0) is 10.8 Å². The Labute approximate surface area is 383 Å². The molecule has 0 N–H and O–H groups in total. The predicted octanol–water partition coefficient (Wildman–Crippen LogP) is 15.8. The van der Waals surface area contributed by atoms with E-state index in [1.54, 1.807) is 0 Å². The Kier molecular flexibility index (Phi) is 7.71. The molecule has 1 spiro atoms. The minimum Gasteiger partial charge on any atom is -0.308 e. The smallest absolute Gasteiger partial charge is 0.226 e. The Hall–Kier alpha value is -7.14. The SMILES string of the molecule is CC1(C)c2ccccc2-c2cccc(-c3nc(Cl)nc(-c4cccc(-c5cccc(-c6cc7c8c(c6)C6(CCCCC6)c6ccc9c%10ccccc%10n(c9c6-8)-c6ccccc6-7)c5)c4)n3)c21. The van der Waals surface area contributed by atoms with Crippen molar-refractivity contribution in [1.82, 2.24) is 19.5 Å². The minimum absolute atomic E-state index is 0.00833. The van der Waals surface area contributed by atoms with Crippen molar-refractivity contribution in [3.63, 3.8) is 0 Å². The van der Waals surface area contributed by atoms with Gasteiger partial charge in [-0.25, -0.2) is 4.98 Å². The number of benzene rings is 8. The second-order valence-corrected chi connectivity index (χ2v) is 19.5. The number of nitrogens with zero attached hydrogens (tertiary/aromatic N) is 4. The number of para-hydroxylation sites is 2. The van der Waals surface area contributed by atoms with Crippen molar-refractivity contribution >= 4 is 33.4 Å². The number of aromatic nitrogens is 4. The van der Waals surface area contributed by atoms with Gasteiger partial charge in [-0.2, -0.15) is 9.97 Å². The van der Waals surface area contributed by atoms with Gasteiger partial charge in [0.25, 0.3) is 0 Å². The molecule has 0 radical (unpaired) electrons. The van der Waals surface area contributed by atoms with E-state index in [1.807, 2.05) is 0 Å². The molecule has 65 heavy (non-hydrogen) atoms. The summed E-state index contributed by atoms with van der Waals surface area (Å²) in [7, 11) is 0. The molecule has 0 bridgehead atoms. The summed E-state index contributed by atoms with van der Waals surface area (Å²) < 4.78 is 2.58. The maximum Gasteiger partial charge on any atom is 0.226 e. The Morgan fingerprint density at radius 1 is 0.462 bits per heavy atom. The van der Waals surface area contributed by atoms with Gasteiger partial charge in [0.15, 0.2) is 11.6 Å². The summed E-state index contributed by atoms with van der Waals surface area (Å²) >= 11 is 6.78. The van der Waals surface area contributed by atoms with E-state index in [0.29, 0.717) is 11.6 Å². The summed E-state index contributed by atoms with van der Waals surface area (Å²) in [5.41, 5.74) is 23.8. The molecule has 310 valence electrons. The summed E-state index contributed by atoms with van der Waals surface area (Å²) in [6.07, 6.45) is 6.14. The molecule has 10 aromatic rings. The largest absolute Gasteiger partial charge is 0.308 e. The Morgan fingerprint density at radius 2 is 1.12 bits per heavy atom. The fourth-order valence-corrected chi connectivity index (χ4v) is 12.9. The van der Waals surface area contributed by atoms with E-state index in [4.69, 9.17) is 26.6 Å². The zero-order valence-corrected chi connectivity index (χ0v) is 37.0. The highest BCUT2D eigenvalue weighted by Crippen LogP contribution is 2.63. The molecular weight excluding hydrogens is 812 g/mol. The molecule has 4 nitrogen and oxygen atoms in total. The molecule has 0 atom stereocenters. The van der Waals surface area contributed by atoms with Crippen LogP contribution >= 0.6 is 11.6 Å². The quantitative estimate of drug-likeness (QED) is 0.177. The van der Waals surface area contributed by atoms with Crippen LogP contribution in [-0.4, -0.2) is 19.5 Å². The molecule has 0 amide bonds. The third-order valence-electron chi connectivity index (χ3n) is 15.5. The molecule has 5 heteroatoms. The normalized spacial score (nSPS) is 15.6. The van der Waals surface area contributed by atoms with E-state index in [0.717, 1.165) is 22.3 Å². The topological polar surface area (TPSA) is 43.6 Å². The Balaban J connectivity index is 0.904. The summed E-state index contributed by atoms with van der Waals surface area (Å²) in [5.74, 6) is 1.14. The van der Waals surface area contributed by atoms with Crippen LogP contribution in [0.25, 0.3) is 106 Å². The number of hydrogen-bond donors (Lipinski definition) is 0. The third-order valence-corrected chi connectivity index (χ3v) is 15.6. The third kappa shape index (κ3) is 5.12. The van der Waals surface area contributed by atoms with Crippen molar-refractivity contribution in [3.8, 4) is 84.1 Å². The zero-order chi connectivity index (χ0) is 43.2. The van der Waals surface area contributed by atoms with Gasteiger partial charge >= 0.3 is 0 Å². The first-order valence-electron chi connectivity index (χ1n) is 23.1. The van der Waals surface area contributed by atoms with Gasteiger partial charge in [-0.05, 0) is 128 Å². The van der Waals surface area contributed by atoms with Crippen LogP contribution in [0.1, 0.15) is 68.2 Å². The molecule has 0 saturated heterocycles. The lowest BCUT2D eigenvalue weighted by atomic mass is 9.67. The van der Waals surface area contributed by atoms with Crippen LogP contribution in [0.3, 0.4) is 0 Å². The van der Waals surface area contributed by atoms with Crippen molar-refractivity contribution in [2.75, 3.05) is 0 Å². The molecule has 1 aliphatic heterocycles. The van der Waals surface area contributed by atoms with E-state index < -0.39 is 0 Å². The average molecular weight is 855 g/mol. The standard InChI is InChI=1S/C60H43ClN4/c1-59(2)47-24-7-4-19-40(47)43-22-14-23-45(54(43)59)57-62-56(63-58(61)64-57)38-18-13-16-36(32-38)35-15-12-17-37(31-35)39-33-46-42-21-6-9-26-51(42)65-50-25-8-5-20-41(50)44-27-28-48-53(55(44)65)52(46)49(34-39)60(48)29-10-3-11-30-60/h4-9,12-28,31-34H,3,10-11,29-30H2,1-2H3. The number of halogens is 1. The van der Waals surface area contributed by atoms with Crippen LogP contribution < -0.4 is 0 Å². The zero-order valence-electron chi connectivity index (χ0n) is 36.3. The summed E-state index contributed by atoms with van der Waals surface area (Å²) in [6, 6.07) is 60.7. The van der Waals surface area contributed by atoms with Gasteiger partial charge < -0.3 is 4.57 Å². The van der Waals surface area contributed by atoms with Crippen LogP contribution in [0.4, 0.5) is 0 Å². The second-order valence-electron chi connectivity index (χ2n) is 19.2. The van der Waals surface area contributed by atoms with Crippen molar-refractivity contribution in [1.29, 1.82) is 0 Å².